The maximum Gasteiger partial charge on any atom is 0.203 e. The lowest BCUT2D eigenvalue weighted by atomic mass is 10.1. The van der Waals surface area contributed by atoms with Crippen molar-refractivity contribution in [1.82, 2.24) is 29.5 Å². The minimum Gasteiger partial charge on any atom is -0.490 e. The Labute approximate surface area is 180 Å². The predicted molar refractivity (Wildman–Crippen MR) is 117 cm³/mol. The summed E-state index contributed by atoms with van der Waals surface area (Å²) in [5.41, 5.74) is 3.88. The molecule has 4 aromatic rings. The molecule has 0 N–H and O–H groups in total. The van der Waals surface area contributed by atoms with Gasteiger partial charge in [-0.05, 0) is 25.0 Å². The first-order chi connectivity index (χ1) is 15.1. The average molecular weight is 416 g/mol. The number of hydrogen-bond acceptors (Lipinski definition) is 6. The molecule has 158 valence electrons. The highest BCUT2D eigenvalue weighted by molar-refractivity contribution is 5.57. The van der Waals surface area contributed by atoms with Gasteiger partial charge in [0.2, 0.25) is 5.43 Å². The highest BCUT2D eigenvalue weighted by Crippen LogP contribution is 2.22. The van der Waals surface area contributed by atoms with Crippen LogP contribution in [0.15, 0.2) is 59.9 Å². The van der Waals surface area contributed by atoms with Gasteiger partial charge in [-0.25, -0.2) is 14.6 Å². The second-order valence-corrected chi connectivity index (χ2v) is 7.11. The Bertz CT molecular complexity index is 1260. The molecule has 8 heteroatoms. The molecule has 4 rings (SSSR count). The van der Waals surface area contributed by atoms with Gasteiger partial charge in [0.25, 0.3) is 0 Å². The molecule has 0 fully saturated rings. The second kappa shape index (κ2) is 8.91. The van der Waals surface area contributed by atoms with Crippen LogP contribution in [0.1, 0.15) is 30.8 Å². The molecule has 0 bridgehead atoms. The Morgan fingerprint density at radius 3 is 2.71 bits per heavy atom. The Morgan fingerprint density at radius 2 is 1.97 bits per heavy atom. The molecule has 3 heterocycles. The highest BCUT2D eigenvalue weighted by atomic mass is 16.5. The SMILES string of the molecule is CCOc1cnc(-c2cccc(Cc3nn(-c4cnn(C)c4)ccc3=O)c2)nc1CC. The monoisotopic (exact) mass is 416 g/mol. The van der Waals surface area contributed by atoms with E-state index in [-0.39, 0.29) is 5.43 Å². The molecule has 0 aliphatic rings. The summed E-state index contributed by atoms with van der Waals surface area (Å²) in [6.45, 7) is 4.56. The fraction of sp³-hybridized carbons (Fsp3) is 0.261. The van der Waals surface area contributed by atoms with E-state index in [1.54, 1.807) is 28.0 Å². The van der Waals surface area contributed by atoms with Crippen molar-refractivity contribution >= 4 is 0 Å². The molecule has 0 unspecified atom stereocenters. The Kier molecular flexibility index (Phi) is 5.88. The van der Waals surface area contributed by atoms with E-state index in [1.165, 1.54) is 6.07 Å². The van der Waals surface area contributed by atoms with Crippen LogP contribution in [-0.2, 0) is 19.9 Å². The molecule has 0 saturated carbocycles. The molecule has 3 aromatic heterocycles. The van der Waals surface area contributed by atoms with Crippen molar-refractivity contribution in [3.8, 4) is 22.8 Å². The van der Waals surface area contributed by atoms with Crippen molar-refractivity contribution in [3.63, 3.8) is 0 Å². The van der Waals surface area contributed by atoms with Gasteiger partial charge in [-0.15, -0.1) is 0 Å². The van der Waals surface area contributed by atoms with Crippen LogP contribution >= 0.6 is 0 Å². The van der Waals surface area contributed by atoms with Crippen molar-refractivity contribution in [2.24, 2.45) is 7.05 Å². The lowest BCUT2D eigenvalue weighted by Gasteiger charge is -2.10. The summed E-state index contributed by atoms with van der Waals surface area (Å²) in [6.07, 6.45) is 8.09. The first-order valence-electron chi connectivity index (χ1n) is 10.2. The summed E-state index contributed by atoms with van der Waals surface area (Å²) in [4.78, 5) is 21.6. The van der Waals surface area contributed by atoms with Crippen molar-refractivity contribution in [1.29, 1.82) is 0 Å². The number of rotatable bonds is 7. The maximum absolute atomic E-state index is 12.4. The van der Waals surface area contributed by atoms with E-state index < -0.39 is 0 Å². The molecular formula is C23H24N6O2. The molecule has 8 nitrogen and oxygen atoms in total. The van der Waals surface area contributed by atoms with E-state index in [4.69, 9.17) is 4.74 Å². The number of hydrogen-bond donors (Lipinski definition) is 0. The van der Waals surface area contributed by atoms with Crippen molar-refractivity contribution in [2.45, 2.75) is 26.7 Å². The smallest absolute Gasteiger partial charge is 0.203 e. The third-order valence-electron chi connectivity index (χ3n) is 4.86. The second-order valence-electron chi connectivity index (χ2n) is 7.11. The number of benzene rings is 1. The maximum atomic E-state index is 12.4. The van der Waals surface area contributed by atoms with Gasteiger partial charge in [-0.2, -0.15) is 10.2 Å². The number of nitrogens with zero attached hydrogens (tertiary/aromatic N) is 6. The Hall–Kier alpha value is -3.81. The van der Waals surface area contributed by atoms with Gasteiger partial charge in [0.1, 0.15) is 11.4 Å². The molecule has 0 atom stereocenters. The number of aromatic nitrogens is 6. The van der Waals surface area contributed by atoms with Crippen molar-refractivity contribution in [3.05, 3.63) is 82.3 Å². The van der Waals surface area contributed by atoms with Gasteiger partial charge in [0.05, 0.1) is 30.9 Å². The molecule has 31 heavy (non-hydrogen) atoms. The van der Waals surface area contributed by atoms with E-state index in [9.17, 15) is 4.79 Å². The lowest BCUT2D eigenvalue weighted by molar-refractivity contribution is 0.333. The van der Waals surface area contributed by atoms with Crippen LogP contribution < -0.4 is 10.2 Å². The van der Waals surface area contributed by atoms with Gasteiger partial charge in [0, 0.05) is 31.3 Å². The van der Waals surface area contributed by atoms with E-state index in [2.05, 4.69) is 20.2 Å². The van der Waals surface area contributed by atoms with Crippen LogP contribution in [-0.4, -0.2) is 36.1 Å². The fourth-order valence-electron chi connectivity index (χ4n) is 3.33. The van der Waals surface area contributed by atoms with Crippen LogP contribution in [0, 0.1) is 0 Å². The zero-order chi connectivity index (χ0) is 21.8. The average Bonchev–Trinajstić information content (AvgIpc) is 3.22. The minimum absolute atomic E-state index is 0.101. The summed E-state index contributed by atoms with van der Waals surface area (Å²) < 4.78 is 8.97. The molecule has 0 aliphatic heterocycles. The fourth-order valence-corrected chi connectivity index (χ4v) is 3.33. The number of aryl methyl sites for hydroxylation is 2. The van der Waals surface area contributed by atoms with Crippen molar-refractivity contribution < 1.29 is 4.74 Å². The standard InChI is InChI=1S/C23H24N6O2/c1-4-19-22(31-5-2)14-24-23(26-19)17-8-6-7-16(11-17)12-20-21(30)9-10-29(27-20)18-13-25-28(3)15-18/h6-11,13-15H,4-5,12H2,1-3H3. The molecule has 0 amide bonds. The van der Waals surface area contributed by atoms with Gasteiger partial charge in [-0.1, -0.05) is 25.1 Å². The van der Waals surface area contributed by atoms with Crippen molar-refractivity contribution in [2.75, 3.05) is 6.61 Å². The first kappa shape index (κ1) is 20.5. The summed E-state index contributed by atoms with van der Waals surface area (Å²) in [5, 5.41) is 8.68. The lowest BCUT2D eigenvalue weighted by Crippen LogP contribution is -2.16. The zero-order valence-corrected chi connectivity index (χ0v) is 17.8. The van der Waals surface area contributed by atoms with E-state index in [0.29, 0.717) is 30.3 Å². The van der Waals surface area contributed by atoms with E-state index >= 15 is 0 Å². The van der Waals surface area contributed by atoms with Crippen LogP contribution in [0.25, 0.3) is 17.1 Å². The molecule has 0 saturated heterocycles. The van der Waals surface area contributed by atoms with Gasteiger partial charge >= 0.3 is 0 Å². The minimum atomic E-state index is -0.101. The van der Waals surface area contributed by atoms with Crippen LogP contribution in [0.2, 0.25) is 0 Å². The largest absolute Gasteiger partial charge is 0.490 e. The van der Waals surface area contributed by atoms with Crippen LogP contribution in [0.5, 0.6) is 5.75 Å². The van der Waals surface area contributed by atoms with Gasteiger partial charge in [-0.3, -0.25) is 9.48 Å². The Morgan fingerprint density at radius 1 is 1.10 bits per heavy atom. The van der Waals surface area contributed by atoms with Crippen LogP contribution in [0.3, 0.4) is 0 Å². The third-order valence-corrected chi connectivity index (χ3v) is 4.86. The summed E-state index contributed by atoms with van der Waals surface area (Å²) in [5.74, 6) is 1.35. The third kappa shape index (κ3) is 4.53. The summed E-state index contributed by atoms with van der Waals surface area (Å²) in [6, 6.07) is 9.41. The first-order valence-corrected chi connectivity index (χ1v) is 10.2. The topological polar surface area (TPSA) is 87.7 Å². The number of ether oxygens (including phenoxy) is 1. The molecule has 1 aromatic carbocycles. The zero-order valence-electron chi connectivity index (χ0n) is 17.8. The molecule has 0 radical (unpaired) electrons. The van der Waals surface area contributed by atoms with Crippen LogP contribution in [0.4, 0.5) is 0 Å². The van der Waals surface area contributed by atoms with E-state index in [1.807, 2.05) is 51.4 Å². The predicted octanol–water partition coefficient (Wildman–Crippen LogP) is 2.97. The molecule has 0 aliphatic carbocycles. The molecular weight excluding hydrogens is 392 g/mol. The van der Waals surface area contributed by atoms with Gasteiger partial charge < -0.3 is 4.74 Å². The van der Waals surface area contributed by atoms with E-state index in [0.717, 1.165) is 28.9 Å². The summed E-state index contributed by atoms with van der Waals surface area (Å²) in [7, 11) is 1.84. The normalized spacial score (nSPS) is 10.9. The highest BCUT2D eigenvalue weighted by Gasteiger charge is 2.11. The quantitative estimate of drug-likeness (QED) is 0.460. The molecule has 0 spiro atoms. The Balaban J connectivity index is 1.63. The summed E-state index contributed by atoms with van der Waals surface area (Å²) >= 11 is 0. The van der Waals surface area contributed by atoms with Gasteiger partial charge in [0.15, 0.2) is 11.6 Å².